The van der Waals surface area contributed by atoms with Gasteiger partial charge in [-0.05, 0) is 51.7 Å². The molecule has 1 aliphatic heterocycles. The zero-order valence-electron chi connectivity index (χ0n) is 13.9. The highest BCUT2D eigenvalue weighted by Gasteiger charge is 2.22. The van der Waals surface area contributed by atoms with Crippen LogP contribution in [0.25, 0.3) is 0 Å². The molecule has 0 bridgehead atoms. The molecule has 3 heteroatoms. The van der Waals surface area contributed by atoms with E-state index in [-0.39, 0.29) is 5.54 Å². The molecule has 118 valence electrons. The molecule has 0 radical (unpaired) electrons. The van der Waals surface area contributed by atoms with E-state index in [0.29, 0.717) is 0 Å². The summed E-state index contributed by atoms with van der Waals surface area (Å²) in [5, 5.41) is 4.45. The van der Waals surface area contributed by atoms with Gasteiger partial charge in [0.25, 0.3) is 0 Å². The molecule has 0 amide bonds. The smallest absolute Gasteiger partial charge is 0.0471 e. The average molecular weight is 309 g/mol. The molecule has 1 fully saturated rings. The number of piperidine rings is 1. The fraction of sp³-hybridized carbons (Fsp3) is 0.667. The second-order valence-electron chi connectivity index (χ2n) is 7.20. The lowest BCUT2D eigenvalue weighted by atomic mass is 9.94. The summed E-state index contributed by atoms with van der Waals surface area (Å²) in [7, 11) is 0. The van der Waals surface area contributed by atoms with Crippen LogP contribution in [0, 0.1) is 5.92 Å². The minimum atomic E-state index is 0.101. The summed E-state index contributed by atoms with van der Waals surface area (Å²) in [4.78, 5) is 2.53. The van der Waals surface area contributed by atoms with Gasteiger partial charge in [-0.25, -0.2) is 0 Å². The van der Waals surface area contributed by atoms with Crippen LogP contribution in [-0.4, -0.2) is 18.6 Å². The molecule has 1 saturated heterocycles. The van der Waals surface area contributed by atoms with E-state index in [0.717, 1.165) is 24.0 Å². The maximum absolute atomic E-state index is 6.48. The lowest BCUT2D eigenvalue weighted by Gasteiger charge is -2.36. The zero-order chi connectivity index (χ0) is 15.5. The average Bonchev–Trinajstić information content (AvgIpc) is 2.45. The Hall–Kier alpha value is -0.730. The molecule has 1 aromatic carbocycles. The Bertz CT molecular complexity index is 465. The number of rotatable bonds is 4. The van der Waals surface area contributed by atoms with Gasteiger partial charge in [0.15, 0.2) is 0 Å². The Kier molecular flexibility index (Phi) is 5.56. The number of benzene rings is 1. The molecular formula is C18H29ClN2. The number of hydrogen-bond acceptors (Lipinski definition) is 2. The van der Waals surface area contributed by atoms with Crippen LogP contribution < -0.4 is 10.2 Å². The van der Waals surface area contributed by atoms with Crippen molar-refractivity contribution in [2.45, 2.75) is 59.0 Å². The lowest BCUT2D eigenvalue weighted by molar-refractivity contribution is 0.401. The molecule has 1 N–H and O–H groups in total. The topological polar surface area (TPSA) is 15.3 Å². The van der Waals surface area contributed by atoms with Crippen LogP contribution in [0.5, 0.6) is 0 Å². The van der Waals surface area contributed by atoms with Crippen LogP contribution in [-0.2, 0) is 6.54 Å². The van der Waals surface area contributed by atoms with Gasteiger partial charge in [0.1, 0.15) is 0 Å². The first-order valence-corrected chi connectivity index (χ1v) is 8.56. The van der Waals surface area contributed by atoms with Crippen molar-refractivity contribution in [3.8, 4) is 0 Å². The van der Waals surface area contributed by atoms with E-state index in [1.165, 1.54) is 37.1 Å². The van der Waals surface area contributed by atoms with E-state index in [2.05, 4.69) is 50.0 Å². The van der Waals surface area contributed by atoms with Crippen LogP contribution in [0.15, 0.2) is 18.2 Å². The second-order valence-corrected chi connectivity index (χ2v) is 7.61. The summed E-state index contributed by atoms with van der Waals surface area (Å²) in [6, 6.07) is 6.31. The molecule has 1 heterocycles. The second kappa shape index (κ2) is 7.02. The number of halogens is 1. The van der Waals surface area contributed by atoms with Crippen molar-refractivity contribution >= 4 is 17.3 Å². The summed E-state index contributed by atoms with van der Waals surface area (Å²) in [6.45, 7) is 12.0. The van der Waals surface area contributed by atoms with Crippen molar-refractivity contribution in [1.82, 2.24) is 5.32 Å². The van der Waals surface area contributed by atoms with Crippen molar-refractivity contribution in [3.05, 3.63) is 28.8 Å². The molecule has 1 aliphatic rings. The van der Waals surface area contributed by atoms with Crippen molar-refractivity contribution < 1.29 is 0 Å². The number of nitrogens with zero attached hydrogens (tertiary/aromatic N) is 1. The monoisotopic (exact) mass is 308 g/mol. The van der Waals surface area contributed by atoms with Crippen LogP contribution in [0.4, 0.5) is 5.69 Å². The summed E-state index contributed by atoms with van der Waals surface area (Å²) in [5.41, 5.74) is 2.66. The Morgan fingerprint density at radius 3 is 2.76 bits per heavy atom. The minimum absolute atomic E-state index is 0.101. The Balaban J connectivity index is 2.20. The third-order valence-corrected chi connectivity index (χ3v) is 4.68. The number of hydrogen-bond donors (Lipinski definition) is 1. The van der Waals surface area contributed by atoms with Gasteiger partial charge in [0.05, 0.1) is 0 Å². The fourth-order valence-corrected chi connectivity index (χ4v) is 3.23. The van der Waals surface area contributed by atoms with Crippen molar-refractivity contribution in [2.75, 3.05) is 18.0 Å². The Labute approximate surface area is 134 Å². The molecule has 0 aliphatic carbocycles. The lowest BCUT2D eigenvalue weighted by Crippen LogP contribution is -2.38. The highest BCUT2D eigenvalue weighted by atomic mass is 35.5. The molecule has 1 atom stereocenters. The highest BCUT2D eigenvalue weighted by Crippen LogP contribution is 2.31. The van der Waals surface area contributed by atoms with Gasteiger partial charge in [-0.3, -0.25) is 0 Å². The quantitative estimate of drug-likeness (QED) is 0.855. The van der Waals surface area contributed by atoms with Crippen LogP contribution in [0.1, 0.15) is 52.5 Å². The van der Waals surface area contributed by atoms with Crippen molar-refractivity contribution in [1.29, 1.82) is 0 Å². The van der Waals surface area contributed by atoms with E-state index in [1.807, 2.05) is 6.07 Å². The molecule has 2 nitrogen and oxygen atoms in total. The molecule has 0 spiro atoms. The van der Waals surface area contributed by atoms with E-state index >= 15 is 0 Å². The SMILES string of the molecule is CCC1CCCN(c2cccc(Cl)c2CNC(C)(C)C)C1. The number of anilines is 1. The molecule has 1 aromatic rings. The van der Waals surface area contributed by atoms with Crippen LogP contribution in [0.2, 0.25) is 5.02 Å². The number of nitrogens with one attached hydrogen (secondary N) is 1. The normalized spacial score (nSPS) is 19.9. The standard InChI is InChI=1S/C18H29ClN2/c1-5-14-8-7-11-21(13-14)17-10-6-9-16(19)15(17)12-20-18(2,3)4/h6,9-10,14,20H,5,7-8,11-13H2,1-4H3. The van der Waals surface area contributed by atoms with Gasteiger partial charge >= 0.3 is 0 Å². The molecule has 0 aromatic heterocycles. The van der Waals surface area contributed by atoms with Crippen LogP contribution in [0.3, 0.4) is 0 Å². The first kappa shape index (κ1) is 16.6. The third-order valence-electron chi connectivity index (χ3n) is 4.33. The highest BCUT2D eigenvalue weighted by molar-refractivity contribution is 6.31. The maximum Gasteiger partial charge on any atom is 0.0471 e. The van der Waals surface area contributed by atoms with Crippen molar-refractivity contribution in [3.63, 3.8) is 0 Å². The van der Waals surface area contributed by atoms with Gasteiger partial charge in [-0.15, -0.1) is 0 Å². The van der Waals surface area contributed by atoms with Crippen molar-refractivity contribution in [2.24, 2.45) is 5.92 Å². The summed E-state index contributed by atoms with van der Waals surface area (Å²) in [6.07, 6.45) is 3.92. The van der Waals surface area contributed by atoms with Gasteiger partial charge < -0.3 is 10.2 Å². The molecule has 1 unspecified atom stereocenters. The first-order chi connectivity index (χ1) is 9.90. The summed E-state index contributed by atoms with van der Waals surface area (Å²) < 4.78 is 0. The third kappa shape index (κ3) is 4.62. The van der Waals surface area contributed by atoms with E-state index in [1.54, 1.807) is 0 Å². The largest absolute Gasteiger partial charge is 0.371 e. The zero-order valence-corrected chi connectivity index (χ0v) is 14.6. The first-order valence-electron chi connectivity index (χ1n) is 8.18. The summed E-state index contributed by atoms with van der Waals surface area (Å²) in [5.74, 6) is 0.821. The fourth-order valence-electron chi connectivity index (χ4n) is 2.99. The molecular weight excluding hydrogens is 280 g/mol. The molecule has 21 heavy (non-hydrogen) atoms. The van der Waals surface area contributed by atoms with Gasteiger partial charge in [-0.1, -0.05) is 31.0 Å². The Morgan fingerprint density at radius 1 is 1.33 bits per heavy atom. The van der Waals surface area contributed by atoms with Gasteiger partial charge in [0.2, 0.25) is 0 Å². The van der Waals surface area contributed by atoms with Gasteiger partial charge in [-0.2, -0.15) is 0 Å². The van der Waals surface area contributed by atoms with E-state index in [4.69, 9.17) is 11.6 Å². The van der Waals surface area contributed by atoms with E-state index in [9.17, 15) is 0 Å². The minimum Gasteiger partial charge on any atom is -0.371 e. The molecule has 2 rings (SSSR count). The predicted molar refractivity (Wildman–Crippen MR) is 93.3 cm³/mol. The maximum atomic E-state index is 6.48. The van der Waals surface area contributed by atoms with Gasteiger partial charge in [0, 0.05) is 41.4 Å². The molecule has 0 saturated carbocycles. The van der Waals surface area contributed by atoms with Crippen LogP contribution >= 0.6 is 11.6 Å². The summed E-state index contributed by atoms with van der Waals surface area (Å²) >= 11 is 6.48. The van der Waals surface area contributed by atoms with E-state index < -0.39 is 0 Å². The predicted octanol–water partition coefficient (Wildman–Crippen LogP) is 4.85. The Morgan fingerprint density at radius 2 is 2.10 bits per heavy atom.